The molecule has 0 aliphatic heterocycles. The number of hydrogen-bond donors (Lipinski definition) is 2. The molecule has 0 atom stereocenters. The first kappa shape index (κ1) is 12.6. The summed E-state index contributed by atoms with van der Waals surface area (Å²) in [6.45, 7) is 0. The predicted octanol–water partition coefficient (Wildman–Crippen LogP) is 2.19. The number of aromatic hydroxyl groups is 1. The van der Waals surface area contributed by atoms with Crippen LogP contribution in [0.25, 0.3) is 0 Å². The van der Waals surface area contributed by atoms with E-state index in [4.69, 9.17) is 4.74 Å². The van der Waals surface area contributed by atoms with Gasteiger partial charge in [0.05, 0.1) is 12.7 Å². The average Bonchev–Trinajstić information content (AvgIpc) is 2.23. The number of hydrogen-bond acceptors (Lipinski definition) is 3. The highest BCUT2D eigenvalue weighted by molar-refractivity contribution is 5.85. The van der Waals surface area contributed by atoms with Gasteiger partial charge in [-0.15, -0.1) is 0 Å². The molecule has 0 aromatic heterocycles. The van der Waals surface area contributed by atoms with Crippen molar-refractivity contribution in [3.05, 3.63) is 23.3 Å². The summed E-state index contributed by atoms with van der Waals surface area (Å²) >= 11 is 0. The Morgan fingerprint density at radius 2 is 2.00 bits per heavy atom. The molecule has 0 radical (unpaired) electrons. The third-order valence-corrected chi connectivity index (χ3v) is 3.46. The first-order valence-corrected chi connectivity index (χ1v) is 5.43. The summed E-state index contributed by atoms with van der Waals surface area (Å²) in [5, 5.41) is 19.0. The van der Waals surface area contributed by atoms with E-state index in [9.17, 15) is 23.8 Å². The molecule has 1 fully saturated rings. The van der Waals surface area contributed by atoms with E-state index in [-0.39, 0.29) is 18.4 Å². The van der Waals surface area contributed by atoms with Crippen molar-refractivity contribution in [1.29, 1.82) is 0 Å². The van der Waals surface area contributed by atoms with Gasteiger partial charge < -0.3 is 14.9 Å². The van der Waals surface area contributed by atoms with E-state index in [1.54, 1.807) is 0 Å². The molecule has 0 spiro atoms. The second kappa shape index (κ2) is 4.12. The number of carboxylic acid groups (broad SMARTS) is 1. The molecular formula is C12H12F2O4. The summed E-state index contributed by atoms with van der Waals surface area (Å²) < 4.78 is 31.7. The number of carboxylic acids is 1. The first-order chi connectivity index (χ1) is 8.44. The number of aliphatic carboxylic acids is 1. The van der Waals surface area contributed by atoms with Crippen molar-refractivity contribution in [2.45, 2.75) is 24.7 Å². The van der Waals surface area contributed by atoms with E-state index in [1.165, 1.54) is 0 Å². The van der Waals surface area contributed by atoms with E-state index < -0.39 is 34.5 Å². The zero-order chi connectivity index (χ0) is 13.5. The van der Waals surface area contributed by atoms with Crippen LogP contribution in [0.15, 0.2) is 6.07 Å². The number of methoxy groups -OCH3 is 1. The van der Waals surface area contributed by atoms with Gasteiger partial charge in [-0.05, 0) is 12.8 Å². The molecule has 2 rings (SSSR count). The fraction of sp³-hybridized carbons (Fsp3) is 0.417. The molecular weight excluding hydrogens is 246 g/mol. The van der Waals surface area contributed by atoms with Gasteiger partial charge in [0, 0.05) is 6.07 Å². The number of phenolic OH excluding ortho intramolecular Hbond substituents is 1. The predicted molar refractivity (Wildman–Crippen MR) is 57.7 cm³/mol. The van der Waals surface area contributed by atoms with Crippen LogP contribution >= 0.6 is 0 Å². The number of benzene rings is 1. The maximum atomic E-state index is 13.6. The lowest BCUT2D eigenvalue weighted by Gasteiger charge is -2.39. The Balaban J connectivity index is 2.72. The Kier molecular flexibility index (Phi) is 2.88. The molecule has 0 saturated heterocycles. The minimum absolute atomic E-state index is 0.217. The minimum Gasteiger partial charge on any atom is -0.505 e. The molecule has 1 aliphatic carbocycles. The number of phenols is 1. The largest absolute Gasteiger partial charge is 0.505 e. The molecule has 1 aromatic rings. The molecule has 0 unspecified atom stereocenters. The zero-order valence-corrected chi connectivity index (χ0v) is 9.67. The second-order valence-electron chi connectivity index (χ2n) is 4.34. The average molecular weight is 258 g/mol. The van der Waals surface area contributed by atoms with E-state index in [0.29, 0.717) is 12.5 Å². The molecule has 0 amide bonds. The van der Waals surface area contributed by atoms with Crippen LogP contribution in [0, 0.1) is 11.6 Å². The van der Waals surface area contributed by atoms with Crippen molar-refractivity contribution in [2.24, 2.45) is 0 Å². The van der Waals surface area contributed by atoms with E-state index in [2.05, 4.69) is 0 Å². The minimum atomic E-state index is -1.46. The van der Waals surface area contributed by atoms with E-state index in [0.717, 1.165) is 7.11 Å². The molecule has 1 saturated carbocycles. The Hall–Kier alpha value is -1.85. The van der Waals surface area contributed by atoms with Gasteiger partial charge in [-0.2, -0.15) is 0 Å². The van der Waals surface area contributed by atoms with E-state index in [1.807, 2.05) is 0 Å². The fourth-order valence-electron chi connectivity index (χ4n) is 2.34. The lowest BCUT2D eigenvalue weighted by atomic mass is 9.64. The van der Waals surface area contributed by atoms with Crippen LogP contribution in [0.1, 0.15) is 24.8 Å². The number of ether oxygens (including phenoxy) is 1. The normalized spacial score (nSPS) is 17.1. The lowest BCUT2D eigenvalue weighted by molar-refractivity contribution is -0.147. The SMILES string of the molecule is COc1c(F)cc(F)c(O)c1C1(C(=O)O)CCC1. The first-order valence-electron chi connectivity index (χ1n) is 5.43. The molecule has 1 aliphatic rings. The van der Waals surface area contributed by atoms with Gasteiger partial charge in [-0.1, -0.05) is 6.42 Å². The topological polar surface area (TPSA) is 66.8 Å². The van der Waals surface area contributed by atoms with Crippen LogP contribution in [0.2, 0.25) is 0 Å². The summed E-state index contributed by atoms with van der Waals surface area (Å²) in [6, 6.07) is 0.478. The Bertz CT molecular complexity index is 509. The van der Waals surface area contributed by atoms with Crippen LogP contribution in [-0.4, -0.2) is 23.3 Å². The molecule has 4 nitrogen and oxygen atoms in total. The highest BCUT2D eigenvalue weighted by Crippen LogP contribution is 2.52. The molecule has 0 heterocycles. The third kappa shape index (κ3) is 1.52. The van der Waals surface area contributed by atoms with Gasteiger partial charge in [0.2, 0.25) is 0 Å². The summed E-state index contributed by atoms with van der Waals surface area (Å²) in [5.74, 6) is -4.68. The van der Waals surface area contributed by atoms with Crippen LogP contribution < -0.4 is 4.74 Å². The van der Waals surface area contributed by atoms with Crippen LogP contribution in [0.3, 0.4) is 0 Å². The quantitative estimate of drug-likeness (QED) is 0.872. The van der Waals surface area contributed by atoms with Crippen molar-refractivity contribution < 1.29 is 28.5 Å². The lowest BCUT2D eigenvalue weighted by Crippen LogP contribution is -2.42. The maximum absolute atomic E-state index is 13.6. The van der Waals surface area contributed by atoms with Crippen LogP contribution in [0.4, 0.5) is 8.78 Å². The molecule has 98 valence electrons. The summed E-state index contributed by atoms with van der Waals surface area (Å²) in [6.07, 6.45) is 1.05. The highest BCUT2D eigenvalue weighted by Gasteiger charge is 2.50. The number of rotatable bonds is 3. The van der Waals surface area contributed by atoms with Gasteiger partial charge in [0.15, 0.2) is 23.1 Å². The molecule has 0 bridgehead atoms. The summed E-state index contributed by atoms with van der Waals surface area (Å²) in [4.78, 5) is 11.3. The monoisotopic (exact) mass is 258 g/mol. The Morgan fingerprint density at radius 1 is 1.39 bits per heavy atom. The van der Waals surface area contributed by atoms with Gasteiger partial charge in [0.25, 0.3) is 0 Å². The fourth-order valence-corrected chi connectivity index (χ4v) is 2.34. The second-order valence-corrected chi connectivity index (χ2v) is 4.34. The number of carbonyl (C=O) groups is 1. The van der Waals surface area contributed by atoms with Gasteiger partial charge in [-0.25, -0.2) is 8.78 Å². The van der Waals surface area contributed by atoms with Crippen molar-refractivity contribution in [2.75, 3.05) is 7.11 Å². The van der Waals surface area contributed by atoms with Crippen LogP contribution in [0.5, 0.6) is 11.5 Å². The maximum Gasteiger partial charge on any atom is 0.314 e. The number of halogens is 2. The van der Waals surface area contributed by atoms with Crippen molar-refractivity contribution >= 4 is 5.97 Å². The van der Waals surface area contributed by atoms with Gasteiger partial charge in [-0.3, -0.25) is 4.79 Å². The van der Waals surface area contributed by atoms with Gasteiger partial charge >= 0.3 is 5.97 Å². The Morgan fingerprint density at radius 3 is 2.39 bits per heavy atom. The summed E-state index contributed by atoms with van der Waals surface area (Å²) in [7, 11) is 1.15. The van der Waals surface area contributed by atoms with Gasteiger partial charge in [0.1, 0.15) is 5.41 Å². The Labute approximate surface area is 102 Å². The summed E-state index contributed by atoms with van der Waals surface area (Å²) in [5.41, 5.74) is -1.76. The van der Waals surface area contributed by atoms with Crippen molar-refractivity contribution in [3.8, 4) is 11.5 Å². The van der Waals surface area contributed by atoms with Crippen LogP contribution in [-0.2, 0) is 10.2 Å². The smallest absolute Gasteiger partial charge is 0.314 e. The third-order valence-electron chi connectivity index (χ3n) is 3.46. The molecule has 18 heavy (non-hydrogen) atoms. The molecule has 2 N–H and O–H groups in total. The standard InChI is InChI=1S/C12H12F2O4/c1-18-10-7(14)5-6(13)9(15)8(10)12(11(16)17)3-2-4-12/h5,15H,2-4H2,1H3,(H,16,17). The van der Waals surface area contributed by atoms with E-state index >= 15 is 0 Å². The van der Waals surface area contributed by atoms with Crippen molar-refractivity contribution in [3.63, 3.8) is 0 Å². The van der Waals surface area contributed by atoms with Crippen molar-refractivity contribution in [1.82, 2.24) is 0 Å². The molecule has 6 heteroatoms. The molecule has 1 aromatic carbocycles. The zero-order valence-electron chi connectivity index (χ0n) is 9.67. The highest BCUT2D eigenvalue weighted by atomic mass is 19.1.